The lowest BCUT2D eigenvalue weighted by atomic mass is 10.0. The van der Waals surface area contributed by atoms with Crippen molar-refractivity contribution in [3.63, 3.8) is 0 Å². The molecule has 270 valence electrons. The molecule has 0 spiro atoms. The van der Waals surface area contributed by atoms with Gasteiger partial charge in [0.2, 0.25) is 0 Å². The quantitative estimate of drug-likeness (QED) is 0.110. The third-order valence-electron chi connectivity index (χ3n) is 9.98. The summed E-state index contributed by atoms with van der Waals surface area (Å²) in [6.45, 7) is 6.61. The SMILES string of the molecule is C[C@@H](N=Cc1nccn1CCOc1ccc(OCCN2C=CNC2=CN[C@H](C)c2ccc3ccccc3c2)c2ccccc12)c1ccc2ccccc2c1. The van der Waals surface area contributed by atoms with Gasteiger partial charge in [0.25, 0.3) is 0 Å². The molecule has 8 nitrogen and oxygen atoms in total. The number of benzene rings is 6. The first-order chi connectivity index (χ1) is 26.6. The normalized spacial score (nSPS) is 14.6. The summed E-state index contributed by atoms with van der Waals surface area (Å²) in [7, 11) is 0. The fraction of sp³-hybridized carbons (Fsp3) is 0.174. The van der Waals surface area contributed by atoms with E-state index in [1.54, 1.807) is 6.20 Å². The van der Waals surface area contributed by atoms with Gasteiger partial charge in [-0.1, -0.05) is 97.1 Å². The van der Waals surface area contributed by atoms with Crippen LogP contribution in [0.25, 0.3) is 32.3 Å². The van der Waals surface area contributed by atoms with Crippen molar-refractivity contribution in [2.24, 2.45) is 4.99 Å². The van der Waals surface area contributed by atoms with Crippen molar-refractivity contribution >= 4 is 38.5 Å². The Hall–Kier alpha value is -6.54. The smallest absolute Gasteiger partial charge is 0.150 e. The number of rotatable bonds is 14. The Morgan fingerprint density at radius 3 is 2.04 bits per heavy atom. The van der Waals surface area contributed by atoms with Gasteiger partial charge in [-0.15, -0.1) is 0 Å². The Balaban J connectivity index is 0.853. The van der Waals surface area contributed by atoms with Gasteiger partial charge in [-0.3, -0.25) is 4.99 Å². The maximum atomic E-state index is 6.37. The molecule has 0 aliphatic carbocycles. The molecule has 2 atom stereocenters. The van der Waals surface area contributed by atoms with Crippen molar-refractivity contribution in [3.05, 3.63) is 175 Å². The van der Waals surface area contributed by atoms with Gasteiger partial charge in [-0.2, -0.15) is 0 Å². The number of nitrogens with zero attached hydrogens (tertiary/aromatic N) is 4. The Kier molecular flexibility index (Phi) is 10.2. The number of nitrogens with one attached hydrogen (secondary N) is 2. The largest absolute Gasteiger partial charge is 0.491 e. The average Bonchev–Trinajstić information content (AvgIpc) is 3.88. The van der Waals surface area contributed by atoms with E-state index in [2.05, 4.69) is 136 Å². The third kappa shape index (κ3) is 7.78. The Morgan fingerprint density at radius 2 is 1.33 bits per heavy atom. The lowest BCUT2D eigenvalue weighted by Gasteiger charge is -2.20. The molecule has 0 radical (unpaired) electrons. The number of ether oxygens (including phenoxy) is 2. The molecule has 8 rings (SSSR count). The van der Waals surface area contributed by atoms with Crippen LogP contribution in [0, 0.1) is 0 Å². The molecule has 0 saturated carbocycles. The molecule has 1 aliphatic heterocycles. The molecule has 0 fully saturated rings. The van der Waals surface area contributed by atoms with Crippen molar-refractivity contribution in [1.82, 2.24) is 25.1 Å². The molecule has 54 heavy (non-hydrogen) atoms. The standard InChI is InChI=1S/C46H44N6O2/c1-33(37-17-15-35-9-3-5-11-39(35)29-37)49-31-45-47-21-23-51(45)25-27-53-43-19-20-44(42-14-8-7-13-41(42)43)54-28-26-52-24-22-48-46(52)32-50-34(2)38-18-16-36-10-4-6-12-40(36)30-38/h3-24,29-34,47,49H,25-28H2,1-2H3/t33-,34-/m1/s1. The van der Waals surface area contributed by atoms with E-state index in [4.69, 9.17) is 14.5 Å². The summed E-state index contributed by atoms with van der Waals surface area (Å²) in [6.07, 6.45) is 11.6. The van der Waals surface area contributed by atoms with Crippen molar-refractivity contribution in [3.8, 4) is 11.5 Å². The summed E-state index contributed by atoms with van der Waals surface area (Å²) in [5.41, 5.74) is 2.41. The van der Waals surface area contributed by atoms with Crippen LogP contribution < -0.4 is 20.1 Å². The van der Waals surface area contributed by atoms with Crippen LogP contribution in [-0.4, -0.2) is 40.4 Å². The fourth-order valence-electron chi connectivity index (χ4n) is 6.85. The molecule has 7 aromatic rings. The molecule has 0 unspecified atom stereocenters. The van der Waals surface area contributed by atoms with E-state index in [9.17, 15) is 0 Å². The molecule has 0 bridgehead atoms. The van der Waals surface area contributed by atoms with Gasteiger partial charge in [-0.25, -0.2) is 4.98 Å². The minimum absolute atomic E-state index is 0.0116. The number of hydrogen-bond donors (Lipinski definition) is 2. The van der Waals surface area contributed by atoms with Crippen LogP contribution in [0.1, 0.15) is 42.9 Å². The molecule has 0 saturated heterocycles. The highest BCUT2D eigenvalue weighted by atomic mass is 16.5. The Bertz CT molecular complexity index is 2480. The first-order valence-corrected chi connectivity index (χ1v) is 18.5. The monoisotopic (exact) mass is 712 g/mol. The second-order valence-electron chi connectivity index (χ2n) is 13.5. The molecule has 2 N–H and O–H groups in total. The summed E-state index contributed by atoms with van der Waals surface area (Å²) in [4.78, 5) is 11.5. The van der Waals surface area contributed by atoms with Crippen molar-refractivity contribution in [2.75, 3.05) is 19.8 Å². The van der Waals surface area contributed by atoms with E-state index in [0.717, 1.165) is 33.9 Å². The van der Waals surface area contributed by atoms with Gasteiger partial charge in [-0.05, 0) is 70.8 Å². The maximum Gasteiger partial charge on any atom is 0.150 e. The summed E-state index contributed by atoms with van der Waals surface area (Å²) >= 11 is 0. The van der Waals surface area contributed by atoms with Gasteiger partial charge >= 0.3 is 0 Å². The van der Waals surface area contributed by atoms with Gasteiger partial charge in [0.15, 0.2) is 5.82 Å². The van der Waals surface area contributed by atoms with Crippen LogP contribution in [0.4, 0.5) is 0 Å². The van der Waals surface area contributed by atoms with E-state index < -0.39 is 0 Å². The van der Waals surface area contributed by atoms with Crippen LogP contribution in [0.3, 0.4) is 0 Å². The zero-order valence-corrected chi connectivity index (χ0v) is 30.6. The molecular weight excluding hydrogens is 669 g/mol. The molecule has 0 amide bonds. The number of imidazole rings is 1. The highest BCUT2D eigenvalue weighted by Crippen LogP contribution is 2.33. The van der Waals surface area contributed by atoms with Gasteiger partial charge < -0.3 is 29.6 Å². The molecule has 6 aromatic carbocycles. The Labute approximate surface area is 316 Å². The highest BCUT2D eigenvalue weighted by Gasteiger charge is 2.14. The summed E-state index contributed by atoms with van der Waals surface area (Å²) in [5.74, 6) is 3.43. The second kappa shape index (κ2) is 16.0. The van der Waals surface area contributed by atoms with Gasteiger partial charge in [0, 0.05) is 47.8 Å². The lowest BCUT2D eigenvalue weighted by Crippen LogP contribution is -2.26. The zero-order valence-electron chi connectivity index (χ0n) is 30.6. The van der Waals surface area contributed by atoms with Crippen LogP contribution in [0.5, 0.6) is 11.5 Å². The summed E-state index contributed by atoms with van der Waals surface area (Å²) < 4.78 is 14.8. The molecule has 1 aromatic heterocycles. The predicted molar refractivity (Wildman–Crippen MR) is 220 cm³/mol. The van der Waals surface area contributed by atoms with E-state index >= 15 is 0 Å². The van der Waals surface area contributed by atoms with Gasteiger partial charge in [0.1, 0.15) is 30.5 Å². The number of aromatic nitrogens is 2. The minimum atomic E-state index is 0.0116. The average molecular weight is 713 g/mol. The first kappa shape index (κ1) is 34.5. The maximum absolute atomic E-state index is 6.37. The van der Waals surface area contributed by atoms with Crippen molar-refractivity contribution in [2.45, 2.75) is 32.5 Å². The zero-order chi connectivity index (χ0) is 36.7. The predicted octanol–water partition coefficient (Wildman–Crippen LogP) is 9.51. The van der Waals surface area contributed by atoms with E-state index in [1.807, 2.05) is 55.3 Å². The second-order valence-corrected chi connectivity index (χ2v) is 13.5. The fourth-order valence-corrected chi connectivity index (χ4v) is 6.85. The molecule has 1 aliphatic rings. The highest BCUT2D eigenvalue weighted by molar-refractivity contribution is 5.93. The summed E-state index contributed by atoms with van der Waals surface area (Å²) in [6, 6.07) is 42.4. The minimum Gasteiger partial charge on any atom is -0.491 e. The number of aliphatic imine (C=N–C) groups is 1. The van der Waals surface area contributed by atoms with Gasteiger partial charge in [0.05, 0.1) is 25.3 Å². The lowest BCUT2D eigenvalue weighted by molar-refractivity contribution is 0.278. The molecule has 8 heteroatoms. The topological polar surface area (TPSA) is 75.9 Å². The van der Waals surface area contributed by atoms with Crippen LogP contribution in [-0.2, 0) is 6.54 Å². The number of hydrogen-bond acceptors (Lipinski definition) is 7. The summed E-state index contributed by atoms with van der Waals surface area (Å²) in [5, 5.41) is 13.9. The van der Waals surface area contributed by atoms with Crippen molar-refractivity contribution in [1.29, 1.82) is 0 Å². The molecular formula is C46H44N6O2. The third-order valence-corrected chi connectivity index (χ3v) is 9.98. The van der Waals surface area contributed by atoms with Crippen LogP contribution in [0.2, 0.25) is 0 Å². The van der Waals surface area contributed by atoms with Crippen LogP contribution >= 0.6 is 0 Å². The Morgan fingerprint density at radius 1 is 0.722 bits per heavy atom. The number of fused-ring (bicyclic) bond motifs is 3. The van der Waals surface area contributed by atoms with E-state index in [-0.39, 0.29) is 12.1 Å². The molecule has 2 heterocycles. The van der Waals surface area contributed by atoms with E-state index in [0.29, 0.717) is 26.3 Å². The van der Waals surface area contributed by atoms with Crippen LogP contribution in [0.15, 0.2) is 163 Å². The van der Waals surface area contributed by atoms with E-state index in [1.165, 1.54) is 32.7 Å². The van der Waals surface area contributed by atoms with Crippen molar-refractivity contribution < 1.29 is 9.47 Å². The first-order valence-electron chi connectivity index (χ1n) is 18.5.